The molecular weight excluding hydrogens is 1120 g/mol. The van der Waals surface area contributed by atoms with Crippen LogP contribution in [0.2, 0.25) is 0 Å². The number of likely N-dealkylation sites (tertiary alicyclic amines) is 1. The Morgan fingerprint density at radius 3 is 2.13 bits per heavy atom. The molecule has 0 unspecified atom stereocenters. The average Bonchev–Trinajstić information content (AvgIpc) is 3.20. The van der Waals surface area contributed by atoms with Gasteiger partial charge in [-0.3, -0.25) is 24.1 Å². The maximum Gasteiger partial charge on any atom is 0.417 e. The standard InChI is InChI=1S/C60H68F3N7O11S2/c1-38(2)52(68-35-43-10-6-7-11-48(43)55(68)73)56(74)67-36-46(71)32-50(67)54(72)65-34-42-13-12-40(53-39(3)66-37-83-53)30-51(42)81-29-27-79-25-23-77-21-9-8-20-76-22-24-78-26-28-80-47-18-16-44(17-19-47)70-58(82)69(57(75)59(70,4)5)45-15-14-41(33-64)49(31-45)60(61,62)63/h6-7,10-19,30-31,37-38,46,50,52,71H,8-9,20-29,32,34-36H2,1-5H3,(H,65,72)/t46-,50+,52+/m1/s1. The zero-order valence-electron chi connectivity index (χ0n) is 46.9. The fourth-order valence-electron chi connectivity index (χ4n) is 10.2. The van der Waals surface area contributed by atoms with Gasteiger partial charge in [0.05, 0.1) is 84.7 Å². The molecule has 0 radical (unpaired) electrons. The number of amides is 4. The molecule has 4 aromatic carbocycles. The average molecular weight is 1180 g/mol. The lowest BCUT2D eigenvalue weighted by Crippen LogP contribution is -2.55. The van der Waals surface area contributed by atoms with E-state index in [1.54, 1.807) is 71.6 Å². The topological polar surface area (TPSA) is 206 Å². The quantitative estimate of drug-likeness (QED) is 0.0356. The molecule has 2 saturated heterocycles. The molecule has 3 aliphatic rings. The van der Waals surface area contributed by atoms with Gasteiger partial charge in [0.25, 0.3) is 11.8 Å². The lowest BCUT2D eigenvalue weighted by atomic mass is 10.0. The second-order valence-corrected chi connectivity index (χ2v) is 22.2. The number of aliphatic hydroxyl groups excluding tert-OH is 1. The van der Waals surface area contributed by atoms with Crippen LogP contribution in [0.25, 0.3) is 10.4 Å². The van der Waals surface area contributed by atoms with Crippen LogP contribution in [0.3, 0.4) is 0 Å². The molecule has 1 aromatic heterocycles. The number of nitrogens with zero attached hydrogens (tertiary/aromatic N) is 6. The largest absolute Gasteiger partial charge is 0.491 e. The molecule has 5 aromatic rings. The second kappa shape index (κ2) is 28.0. The molecule has 0 saturated carbocycles. The first-order valence-corrected chi connectivity index (χ1v) is 28.7. The summed E-state index contributed by atoms with van der Waals surface area (Å²) in [6.07, 6.45) is -4.03. The monoisotopic (exact) mass is 1180 g/mol. The first-order chi connectivity index (χ1) is 39.8. The molecule has 3 aliphatic heterocycles. The molecule has 23 heteroatoms. The number of ether oxygens (including phenoxy) is 6. The molecule has 442 valence electrons. The van der Waals surface area contributed by atoms with Crippen LogP contribution in [0.15, 0.2) is 90.4 Å². The van der Waals surface area contributed by atoms with Crippen molar-refractivity contribution in [3.8, 4) is 28.0 Å². The molecule has 0 spiro atoms. The van der Waals surface area contributed by atoms with Crippen LogP contribution in [0.1, 0.15) is 85.3 Å². The zero-order valence-corrected chi connectivity index (χ0v) is 48.6. The number of halogens is 3. The first-order valence-electron chi connectivity index (χ1n) is 27.4. The summed E-state index contributed by atoms with van der Waals surface area (Å²) in [5.74, 6) is -0.683. The number of nitrogens with one attached hydrogen (secondary N) is 1. The van der Waals surface area contributed by atoms with Gasteiger partial charge in [-0.15, -0.1) is 11.3 Å². The summed E-state index contributed by atoms with van der Waals surface area (Å²) >= 11 is 7.14. The van der Waals surface area contributed by atoms with E-state index in [1.807, 2.05) is 51.1 Å². The number of nitriles is 1. The van der Waals surface area contributed by atoms with Crippen LogP contribution in [0, 0.1) is 24.2 Å². The van der Waals surface area contributed by atoms with Gasteiger partial charge < -0.3 is 53.5 Å². The third kappa shape index (κ3) is 14.8. The second-order valence-electron chi connectivity index (χ2n) is 21.0. The van der Waals surface area contributed by atoms with E-state index in [2.05, 4.69) is 10.3 Å². The number of rotatable bonds is 28. The molecule has 18 nitrogen and oxygen atoms in total. The highest BCUT2D eigenvalue weighted by Crippen LogP contribution is 2.41. The summed E-state index contributed by atoms with van der Waals surface area (Å²) in [5, 5.41) is 22.9. The molecular formula is C60H68F3N7O11S2. The van der Waals surface area contributed by atoms with Gasteiger partial charge >= 0.3 is 6.18 Å². The van der Waals surface area contributed by atoms with Crippen molar-refractivity contribution in [3.05, 3.63) is 124 Å². The Bertz CT molecular complexity index is 3150. The number of aromatic nitrogens is 1. The van der Waals surface area contributed by atoms with E-state index in [1.165, 1.54) is 22.3 Å². The number of unbranched alkanes of at least 4 members (excludes halogenated alkanes) is 1. The minimum Gasteiger partial charge on any atom is -0.491 e. The third-order valence-corrected chi connectivity index (χ3v) is 15.8. The van der Waals surface area contributed by atoms with Gasteiger partial charge in [0, 0.05) is 56.1 Å². The number of thiazole rings is 1. The van der Waals surface area contributed by atoms with Crippen molar-refractivity contribution < 1.29 is 65.9 Å². The van der Waals surface area contributed by atoms with E-state index in [-0.39, 0.29) is 67.9 Å². The van der Waals surface area contributed by atoms with Gasteiger partial charge in [0.15, 0.2) is 5.11 Å². The van der Waals surface area contributed by atoms with Crippen molar-refractivity contribution >= 4 is 63.7 Å². The Labute approximate surface area is 490 Å². The van der Waals surface area contributed by atoms with Gasteiger partial charge in [0.1, 0.15) is 42.3 Å². The Hall–Kier alpha value is -7.04. The van der Waals surface area contributed by atoms with Crippen LogP contribution in [0.4, 0.5) is 24.5 Å². The van der Waals surface area contributed by atoms with E-state index >= 15 is 0 Å². The van der Waals surface area contributed by atoms with Gasteiger partial charge in [0.2, 0.25) is 11.8 Å². The number of thiocarbonyl (C=S) groups is 1. The Morgan fingerprint density at radius 2 is 1.51 bits per heavy atom. The zero-order chi connectivity index (χ0) is 59.4. The molecule has 2 N–H and O–H groups in total. The molecule has 4 heterocycles. The van der Waals surface area contributed by atoms with E-state index in [9.17, 15) is 42.7 Å². The number of carbonyl (C=O) groups is 4. The number of hydrogen-bond donors (Lipinski definition) is 2. The van der Waals surface area contributed by atoms with Gasteiger partial charge in [-0.25, -0.2) is 4.98 Å². The summed E-state index contributed by atoms with van der Waals surface area (Å²) in [6.45, 7) is 13.0. The van der Waals surface area contributed by atoms with Crippen LogP contribution in [-0.2, 0) is 52.6 Å². The molecule has 3 atom stereocenters. The lowest BCUT2D eigenvalue weighted by Gasteiger charge is -2.35. The molecule has 83 heavy (non-hydrogen) atoms. The summed E-state index contributed by atoms with van der Waals surface area (Å²) in [6, 6.07) is 22.7. The summed E-state index contributed by atoms with van der Waals surface area (Å²) < 4.78 is 76.2. The van der Waals surface area contributed by atoms with E-state index in [0.717, 1.165) is 51.6 Å². The normalized spacial score (nSPS) is 17.1. The van der Waals surface area contributed by atoms with Gasteiger partial charge in [-0.1, -0.05) is 44.2 Å². The van der Waals surface area contributed by atoms with Crippen molar-refractivity contribution in [2.45, 2.75) is 96.9 Å². The first kappa shape index (κ1) is 62.0. The predicted octanol–water partition coefficient (Wildman–Crippen LogP) is 8.49. The van der Waals surface area contributed by atoms with E-state index < -0.39 is 52.8 Å². The Morgan fingerprint density at radius 1 is 0.867 bits per heavy atom. The van der Waals surface area contributed by atoms with E-state index in [0.29, 0.717) is 81.1 Å². The highest BCUT2D eigenvalue weighted by atomic mass is 32.1. The van der Waals surface area contributed by atoms with Crippen molar-refractivity contribution in [1.82, 2.24) is 20.1 Å². The number of aliphatic hydroxyl groups is 1. The van der Waals surface area contributed by atoms with Crippen molar-refractivity contribution in [2.24, 2.45) is 5.92 Å². The van der Waals surface area contributed by atoms with Gasteiger partial charge in [-0.05, 0) is 117 Å². The minimum atomic E-state index is -4.80. The van der Waals surface area contributed by atoms with Crippen LogP contribution < -0.4 is 24.6 Å². The highest BCUT2D eigenvalue weighted by Gasteiger charge is 2.51. The Kier molecular flexibility index (Phi) is 20.9. The number of alkyl halides is 3. The minimum absolute atomic E-state index is 0.00489. The molecule has 4 amide bonds. The van der Waals surface area contributed by atoms with Crippen molar-refractivity contribution in [2.75, 3.05) is 82.4 Å². The predicted molar refractivity (Wildman–Crippen MR) is 308 cm³/mol. The molecule has 0 bridgehead atoms. The van der Waals surface area contributed by atoms with Gasteiger partial charge in [-0.2, -0.15) is 18.4 Å². The van der Waals surface area contributed by atoms with Crippen LogP contribution in [0.5, 0.6) is 11.5 Å². The fraction of sp³-hybridized carbons (Fsp3) is 0.450. The number of aryl methyl sites for hydroxylation is 1. The number of carbonyl (C=O) groups excluding carboxylic acids is 4. The summed E-state index contributed by atoms with van der Waals surface area (Å²) in [4.78, 5) is 66.1. The fourth-order valence-corrected chi connectivity index (χ4v) is 11.6. The molecule has 2 fully saturated rings. The lowest BCUT2D eigenvalue weighted by molar-refractivity contribution is -0.143. The molecule has 0 aliphatic carbocycles. The third-order valence-electron chi connectivity index (χ3n) is 14.5. The SMILES string of the molecule is Cc1ncsc1-c1ccc(CNC(=O)[C@@H]2C[C@@H](O)CN2C(=O)[C@H](C(C)C)N2Cc3ccccc3C2=O)c(OCCOCCOCCCCOCCOCCOc2ccc(N3C(=S)N(c4ccc(C#N)c(C(F)(F)F)c4)C(=O)C3(C)C)cc2)c1. The van der Waals surface area contributed by atoms with Crippen LogP contribution in [-0.4, -0.2) is 145 Å². The summed E-state index contributed by atoms with van der Waals surface area (Å²) in [5.41, 5.74) is 3.22. The maximum absolute atomic E-state index is 14.3. The maximum atomic E-state index is 14.3. The summed E-state index contributed by atoms with van der Waals surface area (Å²) in [7, 11) is 0. The Balaban J connectivity index is 0.687. The smallest absolute Gasteiger partial charge is 0.417 e. The van der Waals surface area contributed by atoms with E-state index in [4.69, 9.17) is 40.6 Å². The molecule has 8 rings (SSSR count). The highest BCUT2D eigenvalue weighted by molar-refractivity contribution is 7.81. The number of β-amino-alcohol motifs (C(OH)–C–C–N with tert-alkyl or cyclic N) is 1. The number of fused-ring (bicyclic) bond motifs is 1. The van der Waals surface area contributed by atoms with Crippen molar-refractivity contribution in [3.63, 3.8) is 0 Å². The number of anilines is 2. The number of benzene rings is 4. The number of hydrogen-bond acceptors (Lipinski definition) is 15. The van der Waals surface area contributed by atoms with Crippen molar-refractivity contribution in [1.29, 1.82) is 5.26 Å². The van der Waals surface area contributed by atoms with Crippen LogP contribution >= 0.6 is 23.6 Å².